The van der Waals surface area contributed by atoms with Crippen LogP contribution in [0, 0.1) is 6.92 Å². The van der Waals surface area contributed by atoms with E-state index in [0.29, 0.717) is 17.1 Å². The maximum absolute atomic E-state index is 11.6. The first-order valence-electron chi connectivity index (χ1n) is 5.87. The van der Waals surface area contributed by atoms with E-state index in [1.54, 1.807) is 19.1 Å². The second kappa shape index (κ2) is 6.07. The first kappa shape index (κ1) is 14.8. The van der Waals surface area contributed by atoms with Crippen LogP contribution < -0.4 is 10.6 Å². The second-order valence-electron chi connectivity index (χ2n) is 4.62. The van der Waals surface area contributed by atoms with Gasteiger partial charge in [0.25, 0.3) is 0 Å². The number of carbonyl (C=O) groups excluding carboxylic acids is 1. The number of aryl methyl sites for hydroxylation is 1. The third kappa shape index (κ3) is 4.55. The van der Waals surface area contributed by atoms with Crippen molar-refractivity contribution < 1.29 is 9.90 Å². The third-order valence-electron chi connectivity index (χ3n) is 2.82. The molecule has 1 rings (SSSR count). The summed E-state index contributed by atoms with van der Waals surface area (Å²) in [5.74, 6) is 0. The zero-order valence-electron chi connectivity index (χ0n) is 10.9. The van der Waals surface area contributed by atoms with Gasteiger partial charge >= 0.3 is 6.03 Å². The number of hydrogen-bond acceptors (Lipinski definition) is 2. The molecule has 18 heavy (non-hydrogen) atoms. The number of urea groups is 1. The van der Waals surface area contributed by atoms with Gasteiger partial charge in [-0.1, -0.05) is 24.6 Å². The van der Waals surface area contributed by atoms with Crippen molar-refractivity contribution in [3.63, 3.8) is 0 Å². The number of nitrogens with one attached hydrogen (secondary N) is 2. The molecule has 0 heterocycles. The Bertz CT molecular complexity index is 433. The highest BCUT2D eigenvalue weighted by atomic mass is 35.5. The lowest BCUT2D eigenvalue weighted by atomic mass is 10.0. The fraction of sp³-hybridized carbons (Fsp3) is 0.462. The van der Waals surface area contributed by atoms with E-state index in [4.69, 9.17) is 11.6 Å². The zero-order valence-corrected chi connectivity index (χ0v) is 11.6. The van der Waals surface area contributed by atoms with Crippen LogP contribution in [0.25, 0.3) is 0 Å². The van der Waals surface area contributed by atoms with Crippen molar-refractivity contribution in [2.45, 2.75) is 32.8 Å². The standard InChI is InChI=1S/C13H19ClN2O2/c1-4-13(3,18)8-15-12(17)16-10-6-5-9(2)11(14)7-10/h5-7,18H,4,8H2,1-3H3,(H2,15,16,17). The van der Waals surface area contributed by atoms with Gasteiger partial charge in [0.15, 0.2) is 0 Å². The van der Waals surface area contributed by atoms with E-state index < -0.39 is 5.60 Å². The molecule has 1 unspecified atom stereocenters. The van der Waals surface area contributed by atoms with Crippen molar-refractivity contribution in [1.29, 1.82) is 0 Å². The van der Waals surface area contributed by atoms with E-state index in [-0.39, 0.29) is 12.6 Å². The normalized spacial score (nSPS) is 13.8. The summed E-state index contributed by atoms with van der Waals surface area (Å²) in [6, 6.07) is 4.94. The quantitative estimate of drug-likeness (QED) is 0.788. The minimum atomic E-state index is -0.887. The lowest BCUT2D eigenvalue weighted by Crippen LogP contribution is -2.41. The molecule has 0 saturated carbocycles. The van der Waals surface area contributed by atoms with Gasteiger partial charge < -0.3 is 15.7 Å². The highest BCUT2D eigenvalue weighted by molar-refractivity contribution is 6.31. The lowest BCUT2D eigenvalue weighted by Gasteiger charge is -2.21. The van der Waals surface area contributed by atoms with Crippen LogP contribution in [-0.4, -0.2) is 23.3 Å². The fourth-order valence-electron chi connectivity index (χ4n) is 1.24. The van der Waals surface area contributed by atoms with Crippen LogP contribution in [0.1, 0.15) is 25.8 Å². The molecule has 0 aromatic heterocycles. The smallest absolute Gasteiger partial charge is 0.319 e. The van der Waals surface area contributed by atoms with Gasteiger partial charge in [0.1, 0.15) is 0 Å². The molecule has 0 bridgehead atoms. The first-order chi connectivity index (χ1) is 8.34. The molecule has 100 valence electrons. The average Bonchev–Trinajstić information content (AvgIpc) is 2.32. The summed E-state index contributed by atoms with van der Waals surface area (Å²) in [6.07, 6.45) is 0.573. The molecule has 0 aliphatic carbocycles. The minimum Gasteiger partial charge on any atom is -0.388 e. The van der Waals surface area contributed by atoms with E-state index in [2.05, 4.69) is 10.6 Å². The lowest BCUT2D eigenvalue weighted by molar-refractivity contribution is 0.0587. The van der Waals surface area contributed by atoms with Crippen LogP contribution in [-0.2, 0) is 0 Å². The Morgan fingerprint density at radius 2 is 2.17 bits per heavy atom. The Morgan fingerprint density at radius 3 is 2.72 bits per heavy atom. The Balaban J connectivity index is 2.52. The molecule has 0 spiro atoms. The molecule has 0 radical (unpaired) electrons. The van der Waals surface area contributed by atoms with Crippen molar-refractivity contribution in [3.8, 4) is 0 Å². The Hall–Kier alpha value is -1.26. The van der Waals surface area contributed by atoms with E-state index in [1.807, 2.05) is 19.9 Å². The SMILES string of the molecule is CCC(C)(O)CNC(=O)Nc1ccc(C)c(Cl)c1. The molecule has 1 atom stereocenters. The number of benzene rings is 1. The molecule has 0 fully saturated rings. The summed E-state index contributed by atoms with van der Waals surface area (Å²) >= 11 is 5.96. The zero-order chi connectivity index (χ0) is 13.8. The fourth-order valence-corrected chi connectivity index (χ4v) is 1.42. The predicted molar refractivity (Wildman–Crippen MR) is 74.1 cm³/mol. The van der Waals surface area contributed by atoms with Crippen molar-refractivity contribution in [3.05, 3.63) is 28.8 Å². The maximum Gasteiger partial charge on any atom is 0.319 e. The number of halogens is 1. The monoisotopic (exact) mass is 270 g/mol. The molecule has 1 aromatic rings. The van der Waals surface area contributed by atoms with Gasteiger partial charge in [0, 0.05) is 17.3 Å². The highest BCUT2D eigenvalue weighted by Gasteiger charge is 2.18. The van der Waals surface area contributed by atoms with Crippen LogP contribution in [0.3, 0.4) is 0 Å². The molecule has 4 nitrogen and oxygen atoms in total. The third-order valence-corrected chi connectivity index (χ3v) is 3.23. The van der Waals surface area contributed by atoms with Gasteiger partial charge in [-0.15, -0.1) is 0 Å². The van der Waals surface area contributed by atoms with Gasteiger partial charge in [-0.3, -0.25) is 0 Å². The van der Waals surface area contributed by atoms with Gasteiger partial charge in [-0.2, -0.15) is 0 Å². The Kier molecular flexibility index (Phi) is 4.99. The minimum absolute atomic E-state index is 0.203. The molecule has 2 amide bonds. The Labute approximate surface area is 112 Å². The van der Waals surface area contributed by atoms with Crippen LogP contribution in [0.4, 0.5) is 10.5 Å². The summed E-state index contributed by atoms with van der Waals surface area (Å²) in [6.45, 7) is 5.63. The molecule has 0 aliphatic rings. The summed E-state index contributed by atoms with van der Waals surface area (Å²) in [5, 5.41) is 15.6. The van der Waals surface area contributed by atoms with Gasteiger partial charge in [0.2, 0.25) is 0 Å². The number of aliphatic hydroxyl groups is 1. The molecular weight excluding hydrogens is 252 g/mol. The van der Waals surface area contributed by atoms with Gasteiger partial charge in [0.05, 0.1) is 5.60 Å². The summed E-state index contributed by atoms with van der Waals surface area (Å²) in [7, 11) is 0. The number of hydrogen-bond donors (Lipinski definition) is 3. The van der Waals surface area contributed by atoms with Crippen LogP contribution >= 0.6 is 11.6 Å². The maximum atomic E-state index is 11.6. The number of rotatable bonds is 4. The van der Waals surface area contributed by atoms with Crippen LogP contribution in [0.5, 0.6) is 0 Å². The summed E-state index contributed by atoms with van der Waals surface area (Å²) < 4.78 is 0. The number of amides is 2. The molecule has 0 aliphatic heterocycles. The van der Waals surface area contributed by atoms with E-state index in [9.17, 15) is 9.90 Å². The topological polar surface area (TPSA) is 61.4 Å². The Morgan fingerprint density at radius 1 is 1.50 bits per heavy atom. The van der Waals surface area contributed by atoms with Gasteiger partial charge in [-0.25, -0.2) is 4.79 Å². The summed E-state index contributed by atoms with van der Waals surface area (Å²) in [4.78, 5) is 11.6. The van der Waals surface area contributed by atoms with E-state index in [1.165, 1.54) is 0 Å². The molecule has 1 aromatic carbocycles. The van der Waals surface area contributed by atoms with Crippen LogP contribution in [0.2, 0.25) is 5.02 Å². The van der Waals surface area contributed by atoms with Crippen molar-refractivity contribution in [1.82, 2.24) is 5.32 Å². The highest BCUT2D eigenvalue weighted by Crippen LogP contribution is 2.19. The largest absolute Gasteiger partial charge is 0.388 e. The summed E-state index contributed by atoms with van der Waals surface area (Å²) in [5.41, 5.74) is 0.693. The number of carbonyl (C=O) groups is 1. The molecule has 5 heteroatoms. The van der Waals surface area contributed by atoms with Gasteiger partial charge in [-0.05, 0) is 38.0 Å². The number of anilines is 1. The first-order valence-corrected chi connectivity index (χ1v) is 6.25. The molecule has 0 saturated heterocycles. The average molecular weight is 271 g/mol. The molecular formula is C13H19ClN2O2. The second-order valence-corrected chi connectivity index (χ2v) is 5.03. The van der Waals surface area contributed by atoms with E-state index in [0.717, 1.165) is 5.56 Å². The molecule has 3 N–H and O–H groups in total. The van der Waals surface area contributed by atoms with Crippen LogP contribution in [0.15, 0.2) is 18.2 Å². The predicted octanol–water partition coefficient (Wildman–Crippen LogP) is 2.93. The van der Waals surface area contributed by atoms with E-state index >= 15 is 0 Å². The van der Waals surface area contributed by atoms with Crippen molar-refractivity contribution in [2.24, 2.45) is 0 Å². The van der Waals surface area contributed by atoms with Crippen molar-refractivity contribution in [2.75, 3.05) is 11.9 Å². The van der Waals surface area contributed by atoms with Crippen molar-refractivity contribution >= 4 is 23.3 Å².